The highest BCUT2D eigenvalue weighted by Crippen LogP contribution is 2.51. The van der Waals surface area contributed by atoms with Crippen molar-refractivity contribution < 1.29 is 33.0 Å². The minimum atomic E-state index is -2.12. The Balaban J connectivity index is 2.16. The SMILES string of the molecule is CC[Si](CC)(CC)O/C1=C(\C)[C@]2(OC)CC[C@](C)(C[C@@H](OC(=O)C(C)C)[C@H]3CC(=O)O[C@H]13)O2. The molecular weight excluding hydrogens is 440 g/mol. The number of methoxy groups -OCH3 is 1. The number of carbonyl (C=O) groups excluding carboxylic acids is 2. The van der Waals surface area contributed by atoms with Crippen molar-refractivity contribution >= 4 is 20.3 Å². The van der Waals surface area contributed by atoms with Crippen molar-refractivity contribution in [1.82, 2.24) is 0 Å². The average molecular weight is 483 g/mol. The van der Waals surface area contributed by atoms with Crippen molar-refractivity contribution in [3.05, 3.63) is 11.3 Å². The van der Waals surface area contributed by atoms with Gasteiger partial charge in [0.1, 0.15) is 11.9 Å². The zero-order valence-electron chi connectivity index (χ0n) is 21.6. The Kier molecular flexibility index (Phi) is 7.71. The summed E-state index contributed by atoms with van der Waals surface area (Å²) in [5.41, 5.74) is 0.279. The molecule has 3 rings (SSSR count). The van der Waals surface area contributed by atoms with E-state index in [1.807, 2.05) is 27.7 Å². The Labute approximate surface area is 199 Å². The molecule has 8 heteroatoms. The van der Waals surface area contributed by atoms with E-state index in [-0.39, 0.29) is 30.2 Å². The van der Waals surface area contributed by atoms with Gasteiger partial charge in [0.25, 0.3) is 0 Å². The van der Waals surface area contributed by atoms with Gasteiger partial charge in [-0.05, 0) is 38.4 Å². The van der Waals surface area contributed by atoms with Crippen LogP contribution in [0.4, 0.5) is 0 Å². The summed E-state index contributed by atoms with van der Waals surface area (Å²) in [6, 6.07) is 2.85. The number of carbonyl (C=O) groups is 2. The van der Waals surface area contributed by atoms with Crippen LogP contribution < -0.4 is 0 Å². The molecule has 0 spiro atoms. The maximum absolute atomic E-state index is 12.7. The number of ether oxygens (including phenoxy) is 4. The molecule has 33 heavy (non-hydrogen) atoms. The molecule has 7 nitrogen and oxygen atoms in total. The Morgan fingerprint density at radius 1 is 1.18 bits per heavy atom. The molecule has 3 aliphatic heterocycles. The Bertz CT molecular complexity index is 781. The van der Waals surface area contributed by atoms with Crippen molar-refractivity contribution in [3.8, 4) is 0 Å². The van der Waals surface area contributed by atoms with Gasteiger partial charge in [-0.3, -0.25) is 9.59 Å². The highest BCUT2D eigenvalue weighted by Gasteiger charge is 2.57. The van der Waals surface area contributed by atoms with Crippen LogP contribution >= 0.6 is 0 Å². The first-order chi connectivity index (χ1) is 15.5. The lowest BCUT2D eigenvalue weighted by molar-refractivity contribution is -0.219. The first kappa shape index (κ1) is 26.2. The van der Waals surface area contributed by atoms with Gasteiger partial charge < -0.3 is 23.4 Å². The molecule has 5 atom stereocenters. The molecule has 188 valence electrons. The molecule has 0 radical (unpaired) electrons. The van der Waals surface area contributed by atoms with Gasteiger partial charge in [0, 0.05) is 25.5 Å². The normalized spacial score (nSPS) is 36.6. The minimum Gasteiger partial charge on any atom is -0.544 e. The second kappa shape index (κ2) is 9.70. The van der Waals surface area contributed by atoms with E-state index in [1.54, 1.807) is 7.11 Å². The third-order valence-corrected chi connectivity index (χ3v) is 12.6. The summed E-state index contributed by atoms with van der Waals surface area (Å²) in [5.74, 6) is -1.45. The maximum Gasteiger partial charge on any atom is 0.308 e. The fourth-order valence-corrected chi connectivity index (χ4v) is 8.18. The third-order valence-electron chi connectivity index (χ3n) is 8.08. The third kappa shape index (κ3) is 4.89. The predicted octanol–water partition coefficient (Wildman–Crippen LogP) is 5.10. The quantitative estimate of drug-likeness (QED) is 0.352. The molecule has 0 aromatic rings. The highest BCUT2D eigenvalue weighted by molar-refractivity contribution is 6.73. The highest BCUT2D eigenvalue weighted by atomic mass is 28.4. The van der Waals surface area contributed by atoms with Crippen molar-refractivity contribution in [2.24, 2.45) is 11.8 Å². The van der Waals surface area contributed by atoms with Crippen LogP contribution in [0.2, 0.25) is 18.1 Å². The van der Waals surface area contributed by atoms with Gasteiger partial charge in [0.05, 0.1) is 23.9 Å². The van der Waals surface area contributed by atoms with E-state index < -0.39 is 31.9 Å². The summed E-state index contributed by atoms with van der Waals surface area (Å²) in [7, 11) is -0.461. The predicted molar refractivity (Wildman–Crippen MR) is 127 cm³/mol. The van der Waals surface area contributed by atoms with Crippen LogP contribution in [0.25, 0.3) is 0 Å². The summed E-state index contributed by atoms with van der Waals surface area (Å²) in [4.78, 5) is 25.3. The van der Waals surface area contributed by atoms with Crippen LogP contribution in [-0.2, 0) is 33.0 Å². The van der Waals surface area contributed by atoms with Crippen LogP contribution in [0, 0.1) is 11.8 Å². The van der Waals surface area contributed by atoms with Gasteiger partial charge in [-0.2, -0.15) is 0 Å². The first-order valence-electron chi connectivity index (χ1n) is 12.5. The fraction of sp³-hybridized carbons (Fsp3) is 0.840. The van der Waals surface area contributed by atoms with Gasteiger partial charge in [0.15, 0.2) is 11.9 Å². The van der Waals surface area contributed by atoms with Crippen LogP contribution in [0.3, 0.4) is 0 Å². The van der Waals surface area contributed by atoms with Crippen LogP contribution in [0.5, 0.6) is 0 Å². The first-order valence-corrected chi connectivity index (χ1v) is 15.1. The molecule has 0 N–H and O–H groups in total. The summed E-state index contributed by atoms with van der Waals surface area (Å²) in [6.45, 7) is 14.2. The van der Waals surface area contributed by atoms with Gasteiger partial charge >= 0.3 is 11.9 Å². The van der Waals surface area contributed by atoms with Gasteiger partial charge in [-0.15, -0.1) is 0 Å². The molecule has 3 aliphatic rings. The summed E-state index contributed by atoms with van der Waals surface area (Å²) >= 11 is 0. The Hall–Kier alpha value is -1.38. The lowest BCUT2D eigenvalue weighted by Crippen LogP contribution is -2.43. The average Bonchev–Trinajstić information content (AvgIpc) is 3.35. The minimum absolute atomic E-state index is 0.190. The molecular formula is C25H42O7Si. The number of rotatable bonds is 8. The lowest BCUT2D eigenvalue weighted by atomic mass is 9.82. The molecule has 0 amide bonds. The molecule has 2 bridgehead atoms. The number of fused-ring (bicyclic) bond motifs is 3. The fourth-order valence-electron chi connectivity index (χ4n) is 5.51. The standard InChI is InChI=1S/C25H42O7Si/c1-9-33(10-2,11-3)31-21-17(6)25(28-8)13-12-24(7,32-25)15-19(29-23(27)16(4)5)18-14-20(26)30-22(18)21/h16,18-19,22H,9-15H2,1-8H3/b21-17+/t18-,19-,22+,24-,25+/m1/s1. The molecule has 2 fully saturated rings. The van der Waals surface area contributed by atoms with E-state index in [9.17, 15) is 9.59 Å². The number of hydrogen-bond acceptors (Lipinski definition) is 7. The molecule has 2 saturated heterocycles. The van der Waals surface area contributed by atoms with Crippen molar-refractivity contribution in [3.63, 3.8) is 0 Å². The summed E-state index contributed by atoms with van der Waals surface area (Å²) < 4.78 is 31.6. The van der Waals surface area contributed by atoms with Gasteiger partial charge in [-0.1, -0.05) is 34.6 Å². The topological polar surface area (TPSA) is 80.3 Å². The van der Waals surface area contributed by atoms with Crippen LogP contribution in [-0.4, -0.2) is 51.0 Å². The molecule has 0 aliphatic carbocycles. The second-order valence-electron chi connectivity index (χ2n) is 10.5. The monoisotopic (exact) mass is 482 g/mol. The zero-order chi connectivity index (χ0) is 24.6. The Morgan fingerprint density at radius 2 is 1.82 bits per heavy atom. The molecule has 0 unspecified atom stereocenters. The van der Waals surface area contributed by atoms with E-state index in [0.29, 0.717) is 18.6 Å². The van der Waals surface area contributed by atoms with E-state index in [2.05, 4.69) is 20.8 Å². The van der Waals surface area contributed by atoms with Gasteiger partial charge in [-0.25, -0.2) is 0 Å². The molecule has 3 heterocycles. The summed E-state index contributed by atoms with van der Waals surface area (Å²) in [6.07, 6.45) is 0.957. The van der Waals surface area contributed by atoms with Crippen molar-refractivity contribution in [2.45, 2.75) is 116 Å². The zero-order valence-corrected chi connectivity index (χ0v) is 22.6. The van der Waals surface area contributed by atoms with Gasteiger partial charge in [0.2, 0.25) is 8.32 Å². The van der Waals surface area contributed by atoms with Crippen molar-refractivity contribution in [2.75, 3.05) is 7.11 Å². The number of esters is 2. The largest absolute Gasteiger partial charge is 0.544 e. The summed E-state index contributed by atoms with van der Waals surface area (Å²) in [5, 5.41) is 0. The number of hydrogen-bond donors (Lipinski definition) is 0. The Morgan fingerprint density at radius 3 is 2.36 bits per heavy atom. The smallest absolute Gasteiger partial charge is 0.308 e. The van der Waals surface area contributed by atoms with Crippen LogP contribution in [0.1, 0.15) is 74.1 Å². The second-order valence-corrected chi connectivity index (χ2v) is 15.1. The molecule has 0 saturated carbocycles. The lowest BCUT2D eigenvalue weighted by Gasteiger charge is -2.37. The van der Waals surface area contributed by atoms with E-state index in [4.69, 9.17) is 23.4 Å². The molecule has 0 aromatic heterocycles. The van der Waals surface area contributed by atoms with E-state index in [0.717, 1.165) is 30.1 Å². The van der Waals surface area contributed by atoms with E-state index >= 15 is 0 Å². The van der Waals surface area contributed by atoms with E-state index in [1.165, 1.54) is 0 Å². The van der Waals surface area contributed by atoms with Crippen LogP contribution in [0.15, 0.2) is 11.3 Å². The molecule has 0 aromatic carbocycles. The van der Waals surface area contributed by atoms with Crippen molar-refractivity contribution in [1.29, 1.82) is 0 Å². The maximum atomic E-state index is 12.7.